The molecule has 0 atom stereocenters. The van der Waals surface area contributed by atoms with E-state index >= 15 is 0 Å². The monoisotopic (exact) mass is 432 g/mol. The fraction of sp³-hybridized carbons (Fsp3) is 0.0400. The summed E-state index contributed by atoms with van der Waals surface area (Å²) in [6.07, 6.45) is 6.42. The van der Waals surface area contributed by atoms with Crippen molar-refractivity contribution in [3.05, 3.63) is 113 Å². The van der Waals surface area contributed by atoms with E-state index in [4.69, 9.17) is 9.47 Å². The molecule has 3 aromatic carbocycles. The van der Waals surface area contributed by atoms with Crippen LogP contribution in [0, 0.1) is 11.6 Å². The van der Waals surface area contributed by atoms with Crippen molar-refractivity contribution in [2.75, 3.05) is 6.79 Å². The van der Waals surface area contributed by atoms with E-state index in [9.17, 15) is 13.6 Å². The maximum absolute atomic E-state index is 13.3. The van der Waals surface area contributed by atoms with Gasteiger partial charge >= 0.3 is 0 Å². The Balaban J connectivity index is 1.45. The predicted molar refractivity (Wildman–Crippen MR) is 117 cm³/mol. The van der Waals surface area contributed by atoms with Crippen LogP contribution in [0.15, 0.2) is 90.1 Å². The molecule has 32 heavy (non-hydrogen) atoms. The van der Waals surface area contributed by atoms with Crippen molar-refractivity contribution in [2.24, 2.45) is 5.10 Å². The molecule has 0 aromatic heterocycles. The molecular formula is C25H18F2N2O3. The zero-order valence-electron chi connectivity index (χ0n) is 16.8. The summed E-state index contributed by atoms with van der Waals surface area (Å²) in [5, 5.41) is 4.17. The van der Waals surface area contributed by atoms with Gasteiger partial charge in [0.25, 0.3) is 5.91 Å². The second-order valence-electron chi connectivity index (χ2n) is 6.78. The summed E-state index contributed by atoms with van der Waals surface area (Å²) < 4.78 is 37.2. The molecule has 1 amide bonds. The van der Waals surface area contributed by atoms with E-state index in [1.165, 1.54) is 54.6 Å². The molecule has 0 saturated heterocycles. The summed E-state index contributed by atoms with van der Waals surface area (Å²) in [5.74, 6) is 0.134. The van der Waals surface area contributed by atoms with Crippen molar-refractivity contribution in [3.8, 4) is 11.5 Å². The van der Waals surface area contributed by atoms with E-state index in [0.717, 1.165) is 5.56 Å². The van der Waals surface area contributed by atoms with Crippen molar-refractivity contribution < 1.29 is 23.0 Å². The molecule has 1 aliphatic rings. The van der Waals surface area contributed by atoms with Gasteiger partial charge in [-0.05, 0) is 66.2 Å². The summed E-state index contributed by atoms with van der Waals surface area (Å²) in [5.41, 5.74) is 4.87. The minimum absolute atomic E-state index is 0.209. The Bertz CT molecular complexity index is 1150. The third-order valence-electron chi connectivity index (χ3n) is 4.56. The first-order chi connectivity index (χ1) is 15.6. The van der Waals surface area contributed by atoms with Gasteiger partial charge in [-0.25, -0.2) is 14.2 Å². The topological polar surface area (TPSA) is 59.9 Å². The highest BCUT2D eigenvalue weighted by Gasteiger charge is 2.12. The third kappa shape index (κ3) is 5.26. The van der Waals surface area contributed by atoms with Gasteiger partial charge in [0.2, 0.25) is 6.79 Å². The van der Waals surface area contributed by atoms with Crippen LogP contribution in [0.5, 0.6) is 11.5 Å². The van der Waals surface area contributed by atoms with Crippen molar-refractivity contribution in [1.29, 1.82) is 0 Å². The molecule has 0 fully saturated rings. The van der Waals surface area contributed by atoms with E-state index in [1.54, 1.807) is 12.2 Å². The van der Waals surface area contributed by atoms with Gasteiger partial charge in [0.15, 0.2) is 11.5 Å². The highest BCUT2D eigenvalue weighted by Crippen LogP contribution is 2.32. The smallest absolute Gasteiger partial charge is 0.264 e. The highest BCUT2D eigenvalue weighted by atomic mass is 19.1. The number of nitrogens with one attached hydrogen (secondary N) is 1. The van der Waals surface area contributed by atoms with E-state index in [1.807, 2.05) is 24.3 Å². The molecule has 1 heterocycles. The minimum atomic E-state index is -0.456. The Morgan fingerprint density at radius 3 is 2.12 bits per heavy atom. The van der Waals surface area contributed by atoms with Crippen LogP contribution in [0.1, 0.15) is 16.7 Å². The Kier molecular flexibility index (Phi) is 6.36. The predicted octanol–water partition coefficient (Wildman–Crippen LogP) is 4.83. The van der Waals surface area contributed by atoms with Crippen LogP contribution in [0.25, 0.3) is 6.08 Å². The lowest BCUT2D eigenvalue weighted by atomic mass is 10.0. The maximum Gasteiger partial charge on any atom is 0.264 e. The number of ether oxygens (including phenoxy) is 2. The first kappa shape index (κ1) is 21.0. The Labute approximate surface area is 183 Å². The van der Waals surface area contributed by atoms with E-state index in [2.05, 4.69) is 10.5 Å². The summed E-state index contributed by atoms with van der Waals surface area (Å²) in [7, 11) is 0. The molecule has 3 aromatic rings. The summed E-state index contributed by atoms with van der Waals surface area (Å²) in [4.78, 5) is 12.2. The molecule has 0 aliphatic carbocycles. The summed E-state index contributed by atoms with van der Waals surface area (Å²) in [6, 6.07) is 16.8. The van der Waals surface area contributed by atoms with Crippen LogP contribution in [0.4, 0.5) is 8.78 Å². The van der Waals surface area contributed by atoms with Gasteiger partial charge in [-0.2, -0.15) is 5.10 Å². The lowest BCUT2D eigenvalue weighted by molar-refractivity contribution is -0.116. The normalized spacial score (nSPS) is 12.3. The van der Waals surface area contributed by atoms with E-state index < -0.39 is 17.5 Å². The molecule has 0 radical (unpaired) electrons. The van der Waals surface area contributed by atoms with E-state index in [0.29, 0.717) is 28.3 Å². The molecule has 0 unspecified atom stereocenters. The maximum atomic E-state index is 13.3. The van der Waals surface area contributed by atoms with Gasteiger partial charge in [-0.1, -0.05) is 24.3 Å². The molecule has 0 spiro atoms. The number of allylic oxidation sites excluding steroid dienone is 2. The summed E-state index contributed by atoms with van der Waals surface area (Å²) in [6.45, 7) is 0.209. The summed E-state index contributed by atoms with van der Waals surface area (Å²) >= 11 is 0. The van der Waals surface area contributed by atoms with Crippen LogP contribution >= 0.6 is 0 Å². The number of fused-ring (bicyclic) bond motifs is 1. The number of hydrazone groups is 1. The van der Waals surface area contributed by atoms with Gasteiger partial charge in [0.05, 0.1) is 5.71 Å². The second kappa shape index (κ2) is 9.70. The van der Waals surface area contributed by atoms with Gasteiger partial charge in [-0.3, -0.25) is 4.79 Å². The van der Waals surface area contributed by atoms with Crippen molar-refractivity contribution >= 4 is 17.7 Å². The molecule has 0 bridgehead atoms. The lowest BCUT2D eigenvalue weighted by Crippen LogP contribution is -2.18. The molecule has 5 nitrogen and oxygen atoms in total. The fourth-order valence-corrected chi connectivity index (χ4v) is 2.99. The van der Waals surface area contributed by atoms with Gasteiger partial charge in [0, 0.05) is 17.2 Å². The molecular weight excluding hydrogens is 414 g/mol. The molecule has 4 rings (SSSR count). The largest absolute Gasteiger partial charge is 0.454 e. The Morgan fingerprint density at radius 2 is 1.47 bits per heavy atom. The molecule has 160 valence electrons. The zero-order valence-corrected chi connectivity index (χ0v) is 16.8. The number of amides is 1. The van der Waals surface area contributed by atoms with Crippen LogP contribution in [-0.4, -0.2) is 18.4 Å². The Hall–Kier alpha value is -4.26. The molecule has 0 saturated carbocycles. The number of nitrogens with zero attached hydrogens (tertiary/aromatic N) is 1. The van der Waals surface area contributed by atoms with Crippen LogP contribution in [-0.2, 0) is 4.79 Å². The first-order valence-electron chi connectivity index (χ1n) is 9.72. The lowest BCUT2D eigenvalue weighted by Gasteiger charge is -2.07. The van der Waals surface area contributed by atoms with E-state index in [-0.39, 0.29) is 6.79 Å². The van der Waals surface area contributed by atoms with Gasteiger partial charge < -0.3 is 9.47 Å². The molecule has 1 aliphatic heterocycles. The minimum Gasteiger partial charge on any atom is -0.454 e. The third-order valence-corrected chi connectivity index (χ3v) is 4.56. The number of carbonyl (C=O) groups excluding carboxylic acids is 1. The van der Waals surface area contributed by atoms with Crippen LogP contribution in [0.3, 0.4) is 0 Å². The number of hydrogen-bond acceptors (Lipinski definition) is 4. The van der Waals surface area contributed by atoms with Crippen molar-refractivity contribution in [3.63, 3.8) is 0 Å². The average molecular weight is 432 g/mol. The van der Waals surface area contributed by atoms with Gasteiger partial charge in [-0.15, -0.1) is 0 Å². The standard InChI is InChI=1S/C25H18F2N2O3/c26-20-10-6-18(7-11-20)25(19-8-12-21(27)13-9-19)29-28-24(30)4-2-1-3-17-5-14-22-23(15-17)32-16-31-22/h1-15H,16H2,(H,28,30)/b3-1+,4-2+. The number of carbonyl (C=O) groups is 1. The SMILES string of the molecule is O=C(/C=C/C=C/c1ccc2c(c1)OCO2)NN=C(c1ccc(F)cc1)c1ccc(F)cc1. The Morgan fingerprint density at radius 1 is 0.844 bits per heavy atom. The van der Waals surface area contributed by atoms with Crippen LogP contribution < -0.4 is 14.9 Å². The first-order valence-corrected chi connectivity index (χ1v) is 9.72. The molecule has 1 N–H and O–H groups in total. The fourth-order valence-electron chi connectivity index (χ4n) is 2.99. The zero-order chi connectivity index (χ0) is 22.3. The van der Waals surface area contributed by atoms with Crippen molar-refractivity contribution in [1.82, 2.24) is 5.43 Å². The number of hydrogen-bond donors (Lipinski definition) is 1. The average Bonchev–Trinajstić information content (AvgIpc) is 3.27. The number of rotatable bonds is 6. The quantitative estimate of drug-likeness (QED) is 0.263. The number of halogens is 2. The van der Waals surface area contributed by atoms with Gasteiger partial charge in [0.1, 0.15) is 11.6 Å². The van der Waals surface area contributed by atoms with Crippen LogP contribution in [0.2, 0.25) is 0 Å². The molecule has 7 heteroatoms. The van der Waals surface area contributed by atoms with Crippen molar-refractivity contribution in [2.45, 2.75) is 0 Å². The second-order valence-corrected chi connectivity index (χ2v) is 6.78. The highest BCUT2D eigenvalue weighted by molar-refractivity contribution is 6.13. The number of benzene rings is 3.